The SMILES string of the molecule is COc1ccc(NC(=O)c2cccc(-c3cc(N4CCCC4)ncn3)c2)cc1. The lowest BCUT2D eigenvalue weighted by Crippen LogP contribution is -2.19. The molecule has 6 nitrogen and oxygen atoms in total. The molecule has 1 aliphatic heterocycles. The standard InChI is InChI=1S/C22H22N4O2/c1-28-19-9-7-18(8-10-19)25-22(27)17-6-4-5-16(13-17)20-14-21(24-15-23-20)26-11-2-3-12-26/h4-10,13-15H,2-3,11-12H2,1H3,(H,25,27). The summed E-state index contributed by atoms with van der Waals surface area (Å²) in [6.07, 6.45) is 3.98. The third kappa shape index (κ3) is 3.96. The van der Waals surface area contributed by atoms with E-state index in [0.29, 0.717) is 5.56 Å². The van der Waals surface area contributed by atoms with Crippen LogP contribution in [0.4, 0.5) is 11.5 Å². The lowest BCUT2D eigenvalue weighted by molar-refractivity contribution is 0.102. The molecule has 0 atom stereocenters. The molecule has 0 spiro atoms. The molecule has 0 radical (unpaired) electrons. The molecule has 0 aliphatic carbocycles. The van der Waals surface area contributed by atoms with Crippen molar-refractivity contribution in [3.63, 3.8) is 0 Å². The van der Waals surface area contributed by atoms with Crippen LogP contribution in [-0.2, 0) is 0 Å². The number of rotatable bonds is 5. The Balaban J connectivity index is 1.53. The third-order valence-electron chi connectivity index (χ3n) is 4.85. The van der Waals surface area contributed by atoms with Gasteiger partial charge < -0.3 is 15.0 Å². The van der Waals surface area contributed by atoms with Gasteiger partial charge in [-0.05, 0) is 49.2 Å². The van der Waals surface area contributed by atoms with Gasteiger partial charge in [0.2, 0.25) is 0 Å². The van der Waals surface area contributed by atoms with Crippen LogP contribution < -0.4 is 15.0 Å². The molecule has 1 N–H and O–H groups in total. The van der Waals surface area contributed by atoms with Crippen LogP contribution in [0, 0.1) is 0 Å². The Morgan fingerprint density at radius 3 is 2.57 bits per heavy atom. The molecule has 6 heteroatoms. The molecule has 28 heavy (non-hydrogen) atoms. The Morgan fingerprint density at radius 1 is 1.04 bits per heavy atom. The quantitative estimate of drug-likeness (QED) is 0.731. The van der Waals surface area contributed by atoms with E-state index in [9.17, 15) is 4.79 Å². The third-order valence-corrected chi connectivity index (χ3v) is 4.85. The molecule has 3 aromatic rings. The first kappa shape index (κ1) is 18.0. The zero-order chi connectivity index (χ0) is 19.3. The molecule has 0 unspecified atom stereocenters. The molecule has 1 saturated heterocycles. The van der Waals surface area contributed by atoms with Crippen molar-refractivity contribution in [3.05, 3.63) is 66.5 Å². The van der Waals surface area contributed by atoms with Crippen molar-refractivity contribution in [3.8, 4) is 17.0 Å². The number of hydrogen-bond acceptors (Lipinski definition) is 5. The Hall–Kier alpha value is -3.41. The zero-order valence-corrected chi connectivity index (χ0v) is 15.8. The highest BCUT2D eigenvalue weighted by Crippen LogP contribution is 2.24. The first-order valence-corrected chi connectivity index (χ1v) is 9.36. The highest BCUT2D eigenvalue weighted by Gasteiger charge is 2.15. The fourth-order valence-electron chi connectivity index (χ4n) is 3.32. The van der Waals surface area contributed by atoms with Crippen LogP contribution in [0.2, 0.25) is 0 Å². The van der Waals surface area contributed by atoms with Crippen molar-refractivity contribution in [2.75, 3.05) is 30.4 Å². The van der Waals surface area contributed by atoms with Gasteiger partial charge in [-0.3, -0.25) is 4.79 Å². The van der Waals surface area contributed by atoms with E-state index in [1.165, 1.54) is 12.8 Å². The molecule has 4 rings (SSSR count). The summed E-state index contributed by atoms with van der Waals surface area (Å²) in [5.74, 6) is 1.52. The number of ether oxygens (including phenoxy) is 1. The fourth-order valence-corrected chi connectivity index (χ4v) is 3.32. The summed E-state index contributed by atoms with van der Waals surface area (Å²) in [6, 6.07) is 16.7. The van der Waals surface area contributed by atoms with Crippen molar-refractivity contribution in [2.45, 2.75) is 12.8 Å². The van der Waals surface area contributed by atoms with Gasteiger partial charge in [-0.2, -0.15) is 0 Å². The number of nitrogens with one attached hydrogen (secondary N) is 1. The molecule has 1 amide bonds. The van der Waals surface area contributed by atoms with Gasteiger partial charge in [0, 0.05) is 36.0 Å². The van der Waals surface area contributed by atoms with Crippen molar-refractivity contribution < 1.29 is 9.53 Å². The summed E-state index contributed by atoms with van der Waals surface area (Å²) in [6.45, 7) is 2.06. The zero-order valence-electron chi connectivity index (χ0n) is 15.8. The number of anilines is 2. The van der Waals surface area contributed by atoms with Gasteiger partial charge in [0.15, 0.2) is 0 Å². The fraction of sp³-hybridized carbons (Fsp3) is 0.227. The smallest absolute Gasteiger partial charge is 0.255 e. The van der Waals surface area contributed by atoms with Crippen molar-refractivity contribution >= 4 is 17.4 Å². The van der Waals surface area contributed by atoms with E-state index in [0.717, 1.165) is 41.6 Å². The van der Waals surface area contributed by atoms with Crippen LogP contribution in [0.1, 0.15) is 23.2 Å². The number of aromatic nitrogens is 2. The number of carbonyl (C=O) groups is 1. The topological polar surface area (TPSA) is 67.3 Å². The molecular weight excluding hydrogens is 352 g/mol. The predicted molar refractivity (Wildman–Crippen MR) is 110 cm³/mol. The number of hydrogen-bond donors (Lipinski definition) is 1. The van der Waals surface area contributed by atoms with E-state index in [-0.39, 0.29) is 5.91 Å². The Morgan fingerprint density at radius 2 is 1.82 bits per heavy atom. The van der Waals surface area contributed by atoms with E-state index in [1.807, 2.05) is 48.5 Å². The molecular formula is C22H22N4O2. The van der Waals surface area contributed by atoms with Gasteiger partial charge in [-0.1, -0.05) is 12.1 Å². The van der Waals surface area contributed by atoms with Crippen LogP contribution in [0.3, 0.4) is 0 Å². The summed E-state index contributed by atoms with van der Waals surface area (Å²) in [5.41, 5.74) is 3.01. The van der Waals surface area contributed by atoms with Crippen LogP contribution in [0.5, 0.6) is 5.75 Å². The molecule has 2 aromatic carbocycles. The van der Waals surface area contributed by atoms with Gasteiger partial charge in [0.1, 0.15) is 17.9 Å². The summed E-state index contributed by atoms with van der Waals surface area (Å²) in [4.78, 5) is 23.7. The van der Waals surface area contributed by atoms with Crippen LogP contribution in [0.15, 0.2) is 60.9 Å². The highest BCUT2D eigenvalue weighted by atomic mass is 16.5. The Kier molecular flexibility index (Phi) is 5.19. The van der Waals surface area contributed by atoms with E-state index in [2.05, 4.69) is 20.2 Å². The largest absolute Gasteiger partial charge is 0.497 e. The summed E-state index contributed by atoms with van der Waals surface area (Å²) >= 11 is 0. The highest BCUT2D eigenvalue weighted by molar-refractivity contribution is 6.04. The second-order valence-electron chi connectivity index (χ2n) is 6.72. The molecule has 2 heterocycles. The summed E-state index contributed by atoms with van der Waals surface area (Å²) in [5, 5.41) is 2.91. The first-order chi connectivity index (χ1) is 13.7. The number of carbonyl (C=O) groups excluding carboxylic acids is 1. The summed E-state index contributed by atoms with van der Waals surface area (Å²) < 4.78 is 5.14. The van der Waals surface area contributed by atoms with E-state index >= 15 is 0 Å². The van der Waals surface area contributed by atoms with Gasteiger partial charge >= 0.3 is 0 Å². The molecule has 1 aliphatic rings. The number of methoxy groups -OCH3 is 1. The maximum absolute atomic E-state index is 12.6. The maximum atomic E-state index is 12.6. The van der Waals surface area contributed by atoms with Crippen molar-refractivity contribution in [2.24, 2.45) is 0 Å². The van der Waals surface area contributed by atoms with Crippen LogP contribution in [0.25, 0.3) is 11.3 Å². The molecule has 1 aromatic heterocycles. The monoisotopic (exact) mass is 374 g/mol. The minimum absolute atomic E-state index is 0.166. The van der Waals surface area contributed by atoms with Crippen LogP contribution >= 0.6 is 0 Å². The van der Waals surface area contributed by atoms with Crippen molar-refractivity contribution in [1.29, 1.82) is 0 Å². The Labute approximate surface area is 164 Å². The van der Waals surface area contributed by atoms with E-state index in [1.54, 1.807) is 19.5 Å². The number of amides is 1. The lowest BCUT2D eigenvalue weighted by Gasteiger charge is -2.16. The van der Waals surface area contributed by atoms with Crippen molar-refractivity contribution in [1.82, 2.24) is 9.97 Å². The molecule has 0 saturated carbocycles. The van der Waals surface area contributed by atoms with Gasteiger partial charge in [-0.25, -0.2) is 9.97 Å². The summed E-state index contributed by atoms with van der Waals surface area (Å²) in [7, 11) is 1.61. The number of benzene rings is 2. The molecule has 0 bridgehead atoms. The second-order valence-corrected chi connectivity index (χ2v) is 6.72. The minimum atomic E-state index is -0.166. The van der Waals surface area contributed by atoms with Crippen LogP contribution in [-0.4, -0.2) is 36.1 Å². The van der Waals surface area contributed by atoms with Gasteiger partial charge in [0.05, 0.1) is 12.8 Å². The second kappa shape index (κ2) is 8.08. The minimum Gasteiger partial charge on any atom is -0.497 e. The average molecular weight is 374 g/mol. The lowest BCUT2D eigenvalue weighted by atomic mass is 10.1. The van der Waals surface area contributed by atoms with Gasteiger partial charge in [0.25, 0.3) is 5.91 Å². The predicted octanol–water partition coefficient (Wildman–Crippen LogP) is 4.00. The number of nitrogens with zero attached hydrogens (tertiary/aromatic N) is 3. The first-order valence-electron chi connectivity index (χ1n) is 9.36. The molecule has 142 valence electrons. The molecule has 1 fully saturated rings. The van der Waals surface area contributed by atoms with E-state index < -0.39 is 0 Å². The average Bonchev–Trinajstić information content (AvgIpc) is 3.29. The van der Waals surface area contributed by atoms with E-state index in [4.69, 9.17) is 4.74 Å². The normalized spacial score (nSPS) is 13.4. The Bertz CT molecular complexity index is 966. The maximum Gasteiger partial charge on any atom is 0.255 e. The van der Waals surface area contributed by atoms with Gasteiger partial charge in [-0.15, -0.1) is 0 Å².